The van der Waals surface area contributed by atoms with Crippen molar-refractivity contribution >= 4 is 27.4 Å². The third-order valence-electron chi connectivity index (χ3n) is 2.90. The van der Waals surface area contributed by atoms with Gasteiger partial charge in [0, 0.05) is 17.5 Å². The van der Waals surface area contributed by atoms with E-state index in [1.807, 2.05) is 0 Å². The molecule has 0 N–H and O–H groups in total. The molecule has 0 saturated heterocycles. The van der Waals surface area contributed by atoms with Gasteiger partial charge in [0.25, 0.3) is 0 Å². The van der Waals surface area contributed by atoms with Crippen LogP contribution >= 0.6 is 11.6 Å². The van der Waals surface area contributed by atoms with E-state index < -0.39 is 32.9 Å². The fourth-order valence-electron chi connectivity index (χ4n) is 1.93. The van der Waals surface area contributed by atoms with E-state index >= 15 is 0 Å². The number of nitrogens with zero attached hydrogens (tertiary/aromatic N) is 1. The summed E-state index contributed by atoms with van der Waals surface area (Å²) in [4.78, 5) is 3.99. The Kier molecular flexibility index (Phi) is 4.50. The van der Waals surface area contributed by atoms with Crippen LogP contribution in [0.5, 0.6) is 0 Å². The second-order valence-electron chi connectivity index (χ2n) is 4.38. The zero-order valence-corrected chi connectivity index (χ0v) is 12.2. The summed E-state index contributed by atoms with van der Waals surface area (Å²) in [5, 5.41) is 3.60. The van der Waals surface area contributed by atoms with E-state index in [0.29, 0.717) is 17.8 Å². The Labute approximate surface area is 128 Å². The van der Waals surface area contributed by atoms with Gasteiger partial charge in [-0.05, 0) is 18.2 Å². The predicted octanol–water partition coefficient (Wildman–Crippen LogP) is 3.18. The monoisotopic (exact) mass is 354 g/mol. The largest absolute Gasteiger partial charge is 0.744 e. The first-order valence-electron chi connectivity index (χ1n) is 5.79. The maximum atomic E-state index is 12.7. The number of hydrogen-bond acceptors (Lipinski definition) is 5. The molecule has 0 fully saturated rings. The van der Waals surface area contributed by atoms with Crippen molar-refractivity contribution in [1.82, 2.24) is 0 Å². The molecule has 1 heterocycles. The SMILES string of the molecule is O=S(=O)([O-])c1cc(C(F)(F)F)ccc1C1CC(C=CCl)=NO1. The molecule has 1 aliphatic heterocycles. The van der Waals surface area contributed by atoms with Crippen LogP contribution in [0.3, 0.4) is 0 Å². The molecule has 1 atom stereocenters. The molecular formula is C12H8ClF3NO4S-. The van der Waals surface area contributed by atoms with E-state index in [1.54, 1.807) is 0 Å². The van der Waals surface area contributed by atoms with Crippen LogP contribution in [0.25, 0.3) is 0 Å². The highest BCUT2D eigenvalue weighted by Gasteiger charge is 2.33. The van der Waals surface area contributed by atoms with Gasteiger partial charge >= 0.3 is 6.18 Å². The van der Waals surface area contributed by atoms with Crippen LogP contribution in [0, 0.1) is 0 Å². The Hall–Kier alpha value is -1.58. The van der Waals surface area contributed by atoms with Gasteiger partial charge in [0.2, 0.25) is 0 Å². The summed E-state index contributed by atoms with van der Waals surface area (Å²) in [6.45, 7) is 0. The molecule has 22 heavy (non-hydrogen) atoms. The van der Waals surface area contributed by atoms with Crippen molar-refractivity contribution in [3.63, 3.8) is 0 Å². The minimum absolute atomic E-state index is 0.0805. The van der Waals surface area contributed by atoms with E-state index in [9.17, 15) is 26.1 Å². The first kappa shape index (κ1) is 16.8. The summed E-state index contributed by atoms with van der Waals surface area (Å²) in [5.41, 5.74) is 0.118. The third-order valence-corrected chi connectivity index (χ3v) is 3.92. The van der Waals surface area contributed by atoms with E-state index in [4.69, 9.17) is 16.4 Å². The third kappa shape index (κ3) is 3.60. The van der Waals surface area contributed by atoms with Crippen molar-refractivity contribution in [3.8, 4) is 0 Å². The maximum absolute atomic E-state index is 12.7. The molecule has 1 aliphatic rings. The molecule has 0 bridgehead atoms. The van der Waals surface area contributed by atoms with Crippen molar-refractivity contribution in [2.24, 2.45) is 5.16 Å². The second kappa shape index (κ2) is 5.90. The standard InChI is InChI=1S/C12H9ClF3NO4S/c13-4-3-8-6-10(21-17-8)9-2-1-7(12(14,15)16)5-11(9)22(18,19)20/h1-5,10H,6H2,(H,18,19,20)/p-1. The first-order valence-corrected chi connectivity index (χ1v) is 7.64. The molecule has 0 amide bonds. The van der Waals surface area contributed by atoms with Gasteiger partial charge in [-0.15, -0.1) is 0 Å². The topological polar surface area (TPSA) is 78.8 Å². The van der Waals surface area contributed by atoms with Crippen molar-refractivity contribution < 1.29 is 31.0 Å². The molecule has 0 spiro atoms. The van der Waals surface area contributed by atoms with Gasteiger partial charge in [0.05, 0.1) is 16.2 Å². The zero-order valence-electron chi connectivity index (χ0n) is 10.7. The molecule has 10 heteroatoms. The highest BCUT2D eigenvalue weighted by molar-refractivity contribution is 7.85. The number of alkyl halides is 3. The normalized spacial score (nSPS) is 19.3. The van der Waals surface area contributed by atoms with Crippen LogP contribution in [0.2, 0.25) is 0 Å². The van der Waals surface area contributed by atoms with Gasteiger partial charge in [-0.2, -0.15) is 13.2 Å². The van der Waals surface area contributed by atoms with Crippen molar-refractivity contribution in [1.29, 1.82) is 0 Å². The zero-order chi connectivity index (χ0) is 16.5. The van der Waals surface area contributed by atoms with Crippen LogP contribution in [0.15, 0.2) is 39.9 Å². The van der Waals surface area contributed by atoms with Crippen molar-refractivity contribution in [2.45, 2.75) is 23.6 Å². The Morgan fingerprint density at radius 3 is 2.64 bits per heavy atom. The van der Waals surface area contributed by atoms with Crippen LogP contribution in [0.1, 0.15) is 23.7 Å². The van der Waals surface area contributed by atoms with E-state index in [2.05, 4.69) is 5.16 Å². The smallest absolute Gasteiger partial charge is 0.416 e. The Morgan fingerprint density at radius 1 is 1.41 bits per heavy atom. The van der Waals surface area contributed by atoms with Gasteiger partial charge in [-0.1, -0.05) is 22.8 Å². The highest BCUT2D eigenvalue weighted by Crippen LogP contribution is 2.36. The molecule has 1 aromatic rings. The summed E-state index contributed by atoms with van der Waals surface area (Å²) in [7, 11) is -5.11. The summed E-state index contributed by atoms with van der Waals surface area (Å²) >= 11 is 5.36. The van der Waals surface area contributed by atoms with Crippen LogP contribution in [-0.2, 0) is 21.1 Å². The lowest BCUT2D eigenvalue weighted by atomic mass is 10.0. The number of benzene rings is 1. The average molecular weight is 355 g/mol. The lowest BCUT2D eigenvalue weighted by Gasteiger charge is -2.18. The lowest BCUT2D eigenvalue weighted by Crippen LogP contribution is -2.12. The van der Waals surface area contributed by atoms with Crippen molar-refractivity contribution in [3.05, 3.63) is 40.9 Å². The maximum Gasteiger partial charge on any atom is 0.416 e. The fourth-order valence-corrected chi connectivity index (χ4v) is 2.83. The van der Waals surface area contributed by atoms with Crippen molar-refractivity contribution in [2.75, 3.05) is 0 Å². The number of oxime groups is 1. The Bertz CT molecular complexity index is 743. The predicted molar refractivity (Wildman–Crippen MR) is 70.3 cm³/mol. The molecule has 0 aromatic heterocycles. The fraction of sp³-hybridized carbons (Fsp3) is 0.250. The van der Waals surface area contributed by atoms with Gasteiger partial charge in [-0.3, -0.25) is 0 Å². The highest BCUT2D eigenvalue weighted by atomic mass is 35.5. The minimum atomic E-state index is -5.11. The Morgan fingerprint density at radius 2 is 2.09 bits per heavy atom. The molecular weight excluding hydrogens is 347 g/mol. The number of allylic oxidation sites excluding steroid dienone is 1. The number of hydrogen-bond donors (Lipinski definition) is 0. The molecule has 120 valence electrons. The minimum Gasteiger partial charge on any atom is -0.744 e. The summed E-state index contributed by atoms with van der Waals surface area (Å²) in [5.74, 6) is 0. The molecule has 0 aliphatic carbocycles. The van der Waals surface area contributed by atoms with E-state index in [1.165, 1.54) is 6.08 Å². The second-order valence-corrected chi connectivity index (χ2v) is 5.98. The summed E-state index contributed by atoms with van der Waals surface area (Å²) in [6.07, 6.45) is -4.27. The molecule has 0 radical (unpaired) electrons. The first-order chi connectivity index (χ1) is 10.1. The summed E-state index contributed by atoms with van der Waals surface area (Å²) < 4.78 is 71.7. The number of rotatable bonds is 3. The van der Waals surface area contributed by atoms with E-state index in [0.717, 1.165) is 11.6 Å². The molecule has 0 saturated carbocycles. The molecule has 1 unspecified atom stereocenters. The van der Waals surface area contributed by atoms with Gasteiger partial charge in [-0.25, -0.2) is 8.42 Å². The molecule has 1 aromatic carbocycles. The quantitative estimate of drug-likeness (QED) is 0.781. The number of halogens is 4. The van der Waals surface area contributed by atoms with Gasteiger partial charge in [0.15, 0.2) is 6.10 Å². The average Bonchev–Trinajstić information content (AvgIpc) is 2.85. The van der Waals surface area contributed by atoms with Crippen LogP contribution < -0.4 is 0 Å². The lowest BCUT2D eigenvalue weighted by molar-refractivity contribution is -0.137. The van der Waals surface area contributed by atoms with Gasteiger partial charge < -0.3 is 9.39 Å². The van der Waals surface area contributed by atoms with Crippen LogP contribution in [-0.4, -0.2) is 18.7 Å². The van der Waals surface area contributed by atoms with Crippen LogP contribution in [0.4, 0.5) is 13.2 Å². The van der Waals surface area contributed by atoms with E-state index in [-0.39, 0.29) is 12.0 Å². The molecule has 5 nitrogen and oxygen atoms in total. The Balaban J connectivity index is 2.45. The molecule has 2 rings (SSSR count). The van der Waals surface area contributed by atoms with Gasteiger partial charge in [0.1, 0.15) is 10.1 Å². The summed E-state index contributed by atoms with van der Waals surface area (Å²) in [6, 6.07) is 1.89.